The Morgan fingerprint density at radius 3 is 1.86 bits per heavy atom. The van der Waals surface area contributed by atoms with Gasteiger partial charge < -0.3 is 20.3 Å². The first-order chi connectivity index (χ1) is 9.79. The van der Waals surface area contributed by atoms with Gasteiger partial charge in [-0.1, -0.05) is 19.3 Å². The molecule has 1 saturated carbocycles. The Labute approximate surface area is 125 Å². The lowest BCUT2D eigenvalue weighted by Crippen LogP contribution is -2.35. The van der Waals surface area contributed by atoms with Gasteiger partial charge in [0.05, 0.1) is 13.2 Å². The van der Waals surface area contributed by atoms with E-state index >= 15 is 0 Å². The number of carbonyl (C=O) groups excluding carboxylic acids is 1. The Kier molecular flexibility index (Phi) is 15.2. The van der Waals surface area contributed by atoms with Gasteiger partial charge in [0.15, 0.2) is 0 Å². The van der Waals surface area contributed by atoms with Crippen molar-refractivity contribution in [2.24, 2.45) is 0 Å². The number of nitrogens with one attached hydrogen (secondary N) is 1. The first kappa shape index (κ1) is 21.7. The molecule has 1 aliphatic rings. The monoisotopic (exact) mass is 305 g/mol. The summed E-state index contributed by atoms with van der Waals surface area (Å²) >= 11 is 0. The number of ether oxygens (including phenoxy) is 1. The maximum Gasteiger partial charge on any atom is 0.319 e. The van der Waals surface area contributed by atoms with Crippen molar-refractivity contribution in [2.45, 2.75) is 58.9 Å². The summed E-state index contributed by atoms with van der Waals surface area (Å²) in [5.74, 6) is -1.80. The average Bonchev–Trinajstić information content (AvgIpc) is 2.37. The molecule has 0 bridgehead atoms. The number of carboxylic acid groups (broad SMARTS) is 2. The number of esters is 1. The highest BCUT2D eigenvalue weighted by atomic mass is 16.5. The van der Waals surface area contributed by atoms with Crippen LogP contribution in [-0.2, 0) is 19.1 Å². The van der Waals surface area contributed by atoms with Crippen LogP contribution < -0.4 is 5.32 Å². The van der Waals surface area contributed by atoms with E-state index in [1.807, 2.05) is 6.92 Å². The molecule has 7 heteroatoms. The van der Waals surface area contributed by atoms with Crippen LogP contribution >= 0.6 is 0 Å². The quantitative estimate of drug-likeness (QED) is 0.677. The fourth-order valence-corrected chi connectivity index (χ4v) is 1.75. The van der Waals surface area contributed by atoms with Gasteiger partial charge >= 0.3 is 5.97 Å². The molecule has 0 spiro atoms. The van der Waals surface area contributed by atoms with E-state index in [1.165, 1.54) is 32.1 Å². The van der Waals surface area contributed by atoms with Gasteiger partial charge in [0, 0.05) is 19.9 Å². The number of hydrogen-bond donors (Lipinski definition) is 3. The molecule has 0 aromatic heterocycles. The summed E-state index contributed by atoms with van der Waals surface area (Å²) in [6, 6.07) is 0.540. The van der Waals surface area contributed by atoms with E-state index in [1.54, 1.807) is 0 Å². The third kappa shape index (κ3) is 23.8. The molecule has 0 heterocycles. The molecule has 7 nitrogen and oxygen atoms in total. The molecule has 3 N–H and O–H groups in total. The molecule has 0 aromatic rings. The summed E-state index contributed by atoms with van der Waals surface area (Å²) < 4.78 is 4.83. The molecule has 0 amide bonds. The lowest BCUT2D eigenvalue weighted by atomic mass is 9.96. The molecular formula is C14H27NO6. The minimum absolute atomic E-state index is 0.131. The third-order valence-corrected chi connectivity index (χ3v) is 2.45. The van der Waals surface area contributed by atoms with Crippen molar-refractivity contribution in [2.75, 3.05) is 13.2 Å². The third-order valence-electron chi connectivity index (χ3n) is 2.45. The lowest BCUT2D eigenvalue weighted by Gasteiger charge is -2.22. The Morgan fingerprint density at radius 2 is 1.48 bits per heavy atom. The van der Waals surface area contributed by atoms with Crippen LogP contribution in [0.2, 0.25) is 0 Å². The molecule has 0 aliphatic heterocycles. The van der Waals surface area contributed by atoms with Crippen LogP contribution in [0.5, 0.6) is 0 Å². The predicted molar refractivity (Wildman–Crippen MR) is 78.1 cm³/mol. The van der Waals surface area contributed by atoms with Crippen LogP contribution in [0, 0.1) is 0 Å². The number of hydrogen-bond acceptors (Lipinski definition) is 5. The fourth-order valence-electron chi connectivity index (χ4n) is 1.75. The summed E-state index contributed by atoms with van der Waals surface area (Å²) in [7, 11) is 0. The van der Waals surface area contributed by atoms with E-state index in [0.717, 1.165) is 13.8 Å². The summed E-state index contributed by atoms with van der Waals surface area (Å²) in [5.41, 5.74) is 0. The topological polar surface area (TPSA) is 113 Å². The van der Waals surface area contributed by atoms with E-state index in [-0.39, 0.29) is 5.97 Å². The highest BCUT2D eigenvalue weighted by Gasteiger charge is 2.13. The van der Waals surface area contributed by atoms with Gasteiger partial charge in [-0.2, -0.15) is 0 Å². The van der Waals surface area contributed by atoms with Gasteiger partial charge in [0.2, 0.25) is 0 Å². The van der Waals surface area contributed by atoms with E-state index in [0.29, 0.717) is 19.2 Å². The first-order valence-corrected chi connectivity index (χ1v) is 7.07. The molecule has 21 heavy (non-hydrogen) atoms. The predicted octanol–water partition coefficient (Wildman–Crippen LogP) is 1.65. The Bertz CT molecular complexity index is 280. The summed E-state index contributed by atoms with van der Waals surface area (Å²) in [4.78, 5) is 29.0. The van der Waals surface area contributed by atoms with Crippen LogP contribution in [0.15, 0.2) is 0 Å². The second kappa shape index (κ2) is 14.8. The minimum Gasteiger partial charge on any atom is -0.481 e. The smallest absolute Gasteiger partial charge is 0.319 e. The van der Waals surface area contributed by atoms with Crippen LogP contribution in [0.4, 0.5) is 0 Å². The van der Waals surface area contributed by atoms with Crippen molar-refractivity contribution < 1.29 is 29.3 Å². The van der Waals surface area contributed by atoms with E-state index in [2.05, 4.69) is 5.32 Å². The molecule has 124 valence electrons. The molecule has 1 fully saturated rings. The van der Waals surface area contributed by atoms with Crippen LogP contribution in [0.3, 0.4) is 0 Å². The van der Waals surface area contributed by atoms with Crippen LogP contribution in [0.25, 0.3) is 0 Å². The fraction of sp³-hybridized carbons (Fsp3) is 0.786. The number of carboxylic acids is 2. The maximum absolute atomic E-state index is 11.0. The second-order valence-electron chi connectivity index (χ2n) is 4.56. The minimum atomic E-state index is -0.833. The zero-order valence-electron chi connectivity index (χ0n) is 13.1. The molecule has 0 radical (unpaired) electrons. The zero-order chi connectivity index (χ0) is 16.7. The van der Waals surface area contributed by atoms with Gasteiger partial charge in [-0.15, -0.1) is 0 Å². The Hall–Kier alpha value is -1.63. The van der Waals surface area contributed by atoms with Crippen molar-refractivity contribution in [1.29, 1.82) is 0 Å². The van der Waals surface area contributed by atoms with Crippen molar-refractivity contribution >= 4 is 17.9 Å². The zero-order valence-corrected chi connectivity index (χ0v) is 13.1. The largest absolute Gasteiger partial charge is 0.481 e. The highest BCUT2D eigenvalue weighted by molar-refractivity contribution is 5.71. The summed E-state index contributed by atoms with van der Waals surface area (Å²) in [6.45, 7) is 4.85. The van der Waals surface area contributed by atoms with Gasteiger partial charge in [-0.05, 0) is 19.8 Å². The summed E-state index contributed by atoms with van der Waals surface area (Å²) in [6.07, 6.45) is 6.34. The van der Waals surface area contributed by atoms with Crippen molar-refractivity contribution in [3.05, 3.63) is 0 Å². The normalized spacial score (nSPS) is 13.9. The Morgan fingerprint density at radius 1 is 1.05 bits per heavy atom. The SMILES string of the molecule is CC(=O)O.CC(=O)O.CCOC(=O)CNC1CCCCC1. The van der Waals surface area contributed by atoms with Crippen molar-refractivity contribution in [3.63, 3.8) is 0 Å². The molecule has 0 unspecified atom stereocenters. The standard InChI is InChI=1S/C10H19NO2.2C2H4O2/c1-2-13-10(12)8-11-9-6-4-3-5-7-9;2*1-2(3)4/h9,11H,2-8H2,1H3;2*1H3,(H,3,4). The number of carbonyl (C=O) groups is 3. The van der Waals surface area contributed by atoms with Crippen molar-refractivity contribution in [3.8, 4) is 0 Å². The van der Waals surface area contributed by atoms with E-state index in [9.17, 15) is 4.79 Å². The molecule has 0 saturated heterocycles. The molecular weight excluding hydrogens is 278 g/mol. The molecule has 1 aliphatic carbocycles. The highest BCUT2D eigenvalue weighted by Crippen LogP contribution is 2.16. The van der Waals surface area contributed by atoms with Gasteiger partial charge in [0.1, 0.15) is 0 Å². The lowest BCUT2D eigenvalue weighted by molar-refractivity contribution is -0.142. The van der Waals surface area contributed by atoms with Gasteiger partial charge in [0.25, 0.3) is 11.9 Å². The van der Waals surface area contributed by atoms with Crippen molar-refractivity contribution in [1.82, 2.24) is 5.32 Å². The first-order valence-electron chi connectivity index (χ1n) is 7.07. The van der Waals surface area contributed by atoms with E-state index < -0.39 is 11.9 Å². The average molecular weight is 305 g/mol. The van der Waals surface area contributed by atoms with E-state index in [4.69, 9.17) is 24.5 Å². The summed E-state index contributed by atoms with van der Waals surface area (Å²) in [5, 5.41) is 18.1. The maximum atomic E-state index is 11.0. The number of rotatable bonds is 4. The van der Waals surface area contributed by atoms with Crippen LogP contribution in [0.1, 0.15) is 52.9 Å². The van der Waals surface area contributed by atoms with Crippen LogP contribution in [-0.4, -0.2) is 47.3 Å². The second-order valence-corrected chi connectivity index (χ2v) is 4.56. The van der Waals surface area contributed by atoms with Gasteiger partial charge in [-0.25, -0.2) is 0 Å². The molecule has 1 rings (SSSR count). The molecule has 0 atom stereocenters. The number of aliphatic carboxylic acids is 2. The Balaban J connectivity index is 0. The van der Waals surface area contributed by atoms with Gasteiger partial charge in [-0.3, -0.25) is 14.4 Å². The molecule has 0 aromatic carbocycles.